The summed E-state index contributed by atoms with van der Waals surface area (Å²) in [5.74, 6) is 1.15. The number of imidazole rings is 1. The summed E-state index contributed by atoms with van der Waals surface area (Å²) in [7, 11) is 0. The van der Waals surface area contributed by atoms with Crippen LogP contribution in [0.15, 0.2) is 78.2 Å². The number of rotatable bonds is 7. The monoisotopic (exact) mass is 414 g/mol. The average molecular weight is 414 g/mol. The molecule has 7 nitrogen and oxygen atoms in total. The molecular formula is C22H18N6OS. The first kappa shape index (κ1) is 19.5. The van der Waals surface area contributed by atoms with Gasteiger partial charge in [-0.3, -0.25) is 4.57 Å². The van der Waals surface area contributed by atoms with Crippen LogP contribution in [0.2, 0.25) is 0 Å². The van der Waals surface area contributed by atoms with Crippen LogP contribution in [0.1, 0.15) is 5.82 Å². The highest BCUT2D eigenvalue weighted by Crippen LogP contribution is 2.27. The van der Waals surface area contributed by atoms with Crippen molar-refractivity contribution in [3.05, 3.63) is 78.8 Å². The summed E-state index contributed by atoms with van der Waals surface area (Å²) in [6, 6.07) is 19.3. The van der Waals surface area contributed by atoms with Crippen LogP contribution in [0.5, 0.6) is 0 Å². The van der Waals surface area contributed by atoms with Crippen molar-refractivity contribution in [2.45, 2.75) is 11.7 Å². The quantitative estimate of drug-likeness (QED) is 0.198. The molecule has 0 atom stereocenters. The number of fused-ring (bicyclic) bond motifs is 1. The number of nitrogens with zero attached hydrogens (tertiary/aromatic N) is 5. The minimum atomic E-state index is -0.0732. The van der Waals surface area contributed by atoms with Gasteiger partial charge in [0.15, 0.2) is 16.8 Å². The van der Waals surface area contributed by atoms with Gasteiger partial charge in [-0.2, -0.15) is 5.26 Å². The van der Waals surface area contributed by atoms with Crippen LogP contribution in [-0.2, 0) is 6.54 Å². The molecule has 0 spiro atoms. The second kappa shape index (κ2) is 8.68. The molecule has 0 radical (unpaired) electrons. The number of thioether (sulfide) groups is 1. The number of hydrogen-bond acceptors (Lipinski definition) is 6. The van der Waals surface area contributed by atoms with Crippen molar-refractivity contribution in [2.75, 3.05) is 5.75 Å². The Morgan fingerprint density at radius 3 is 2.67 bits per heavy atom. The van der Waals surface area contributed by atoms with Gasteiger partial charge in [-0.1, -0.05) is 60.3 Å². The predicted molar refractivity (Wildman–Crippen MR) is 118 cm³/mol. The number of para-hydroxylation sites is 2. The fourth-order valence-electron chi connectivity index (χ4n) is 3.02. The number of nitriles is 1. The Morgan fingerprint density at radius 1 is 1.17 bits per heavy atom. The molecule has 2 aromatic heterocycles. The standard InChI is InChI=1S/C22H18N6OS/c1-2-12-28-21(15-8-4-3-5-9-15)26-27-22(28)30-14-19(29)16(13-23)20-24-17-10-6-7-11-18(17)25-20/h2-11,29H,1,12,14H2,(H,24,25)/b19-16-. The number of H-pyrrole nitrogens is 1. The lowest BCUT2D eigenvalue weighted by atomic mass is 10.2. The lowest BCUT2D eigenvalue weighted by Crippen LogP contribution is -2.02. The Hall–Kier alpha value is -3.83. The third kappa shape index (κ3) is 3.83. The van der Waals surface area contributed by atoms with E-state index in [1.165, 1.54) is 11.8 Å². The summed E-state index contributed by atoms with van der Waals surface area (Å²) in [5.41, 5.74) is 2.59. The molecule has 8 heteroatoms. The molecule has 30 heavy (non-hydrogen) atoms. The number of benzene rings is 2. The van der Waals surface area contributed by atoms with Crippen molar-refractivity contribution < 1.29 is 5.11 Å². The number of aromatic nitrogens is 5. The van der Waals surface area contributed by atoms with Crippen LogP contribution in [0, 0.1) is 11.3 Å². The number of nitrogens with one attached hydrogen (secondary N) is 1. The van der Waals surface area contributed by atoms with Crippen molar-refractivity contribution in [2.24, 2.45) is 0 Å². The Morgan fingerprint density at radius 2 is 1.93 bits per heavy atom. The minimum Gasteiger partial charge on any atom is -0.510 e. The van der Waals surface area contributed by atoms with Crippen molar-refractivity contribution in [3.8, 4) is 17.5 Å². The second-order valence-electron chi connectivity index (χ2n) is 6.40. The molecule has 0 bridgehead atoms. The largest absolute Gasteiger partial charge is 0.510 e. The molecule has 2 heterocycles. The summed E-state index contributed by atoms with van der Waals surface area (Å²) >= 11 is 1.30. The molecule has 0 aliphatic carbocycles. The Labute approximate surface area is 177 Å². The topological polar surface area (TPSA) is 103 Å². The van der Waals surface area contributed by atoms with E-state index in [4.69, 9.17) is 0 Å². The van der Waals surface area contributed by atoms with Gasteiger partial charge in [0.2, 0.25) is 0 Å². The normalized spacial score (nSPS) is 11.8. The zero-order chi connectivity index (χ0) is 20.9. The fraction of sp³-hybridized carbons (Fsp3) is 0.0909. The van der Waals surface area contributed by atoms with Gasteiger partial charge in [0.25, 0.3) is 0 Å². The molecule has 0 aliphatic rings. The van der Waals surface area contributed by atoms with Gasteiger partial charge in [-0.05, 0) is 12.1 Å². The summed E-state index contributed by atoms with van der Waals surface area (Å²) < 4.78 is 1.92. The zero-order valence-corrected chi connectivity index (χ0v) is 16.8. The maximum Gasteiger partial charge on any atom is 0.192 e. The molecule has 148 valence electrons. The summed E-state index contributed by atoms with van der Waals surface area (Å²) in [6.45, 7) is 4.34. The van der Waals surface area contributed by atoms with Crippen LogP contribution in [-0.4, -0.2) is 35.6 Å². The van der Waals surface area contributed by atoms with E-state index in [9.17, 15) is 10.4 Å². The van der Waals surface area contributed by atoms with Crippen molar-refractivity contribution >= 4 is 28.4 Å². The zero-order valence-electron chi connectivity index (χ0n) is 16.0. The van der Waals surface area contributed by atoms with Crippen molar-refractivity contribution in [3.63, 3.8) is 0 Å². The average Bonchev–Trinajstić information content (AvgIpc) is 3.38. The Kier molecular flexibility index (Phi) is 5.63. The van der Waals surface area contributed by atoms with Crippen LogP contribution in [0.4, 0.5) is 0 Å². The Balaban J connectivity index is 1.61. The molecule has 0 aliphatic heterocycles. The third-order valence-electron chi connectivity index (χ3n) is 4.43. The van der Waals surface area contributed by atoms with Gasteiger partial charge in [-0.15, -0.1) is 16.8 Å². The molecule has 2 aromatic carbocycles. The number of hydrogen-bond donors (Lipinski definition) is 2. The van der Waals surface area contributed by atoms with Crippen LogP contribution in [0.3, 0.4) is 0 Å². The van der Waals surface area contributed by atoms with Crippen LogP contribution in [0.25, 0.3) is 28.0 Å². The van der Waals surface area contributed by atoms with E-state index >= 15 is 0 Å². The SMILES string of the molecule is C=CCn1c(SC/C(O)=C(\C#N)c2nc3ccccc3[nH]2)nnc1-c1ccccc1. The molecule has 4 aromatic rings. The number of aliphatic hydroxyl groups is 1. The van der Waals surface area contributed by atoms with E-state index in [1.54, 1.807) is 6.08 Å². The number of aliphatic hydroxyl groups excluding tert-OH is 1. The van der Waals surface area contributed by atoms with Crippen molar-refractivity contribution in [1.82, 2.24) is 24.7 Å². The Bertz CT molecular complexity index is 1230. The molecule has 0 unspecified atom stereocenters. The van der Waals surface area contributed by atoms with Gasteiger partial charge in [0.05, 0.1) is 16.8 Å². The highest BCUT2D eigenvalue weighted by atomic mass is 32.2. The maximum atomic E-state index is 10.6. The van der Waals surface area contributed by atoms with E-state index in [-0.39, 0.29) is 17.1 Å². The molecule has 0 saturated carbocycles. The van der Waals surface area contributed by atoms with Gasteiger partial charge in [0, 0.05) is 12.1 Å². The van der Waals surface area contributed by atoms with E-state index in [0.29, 0.717) is 17.5 Å². The molecule has 4 rings (SSSR count). The van der Waals surface area contributed by atoms with Crippen LogP contribution >= 0.6 is 11.8 Å². The first-order valence-electron chi connectivity index (χ1n) is 9.21. The predicted octanol–water partition coefficient (Wildman–Crippen LogP) is 4.59. The van der Waals surface area contributed by atoms with Gasteiger partial charge in [0.1, 0.15) is 17.4 Å². The number of allylic oxidation sites excluding steroid dienone is 2. The molecular weight excluding hydrogens is 396 g/mol. The van der Waals surface area contributed by atoms with Crippen molar-refractivity contribution in [1.29, 1.82) is 5.26 Å². The fourth-order valence-corrected chi connectivity index (χ4v) is 3.85. The van der Waals surface area contributed by atoms with E-state index in [2.05, 4.69) is 26.7 Å². The first-order chi connectivity index (χ1) is 14.7. The lowest BCUT2D eigenvalue weighted by molar-refractivity contribution is 0.420. The highest BCUT2D eigenvalue weighted by molar-refractivity contribution is 7.99. The molecule has 0 amide bonds. The maximum absolute atomic E-state index is 10.6. The van der Waals surface area contributed by atoms with Gasteiger partial charge >= 0.3 is 0 Å². The minimum absolute atomic E-state index is 0.0732. The van der Waals surface area contributed by atoms with E-state index in [0.717, 1.165) is 22.4 Å². The molecule has 2 N–H and O–H groups in total. The molecule has 0 fully saturated rings. The molecule has 0 saturated heterocycles. The van der Waals surface area contributed by atoms with Gasteiger partial charge < -0.3 is 10.1 Å². The smallest absolute Gasteiger partial charge is 0.192 e. The van der Waals surface area contributed by atoms with Gasteiger partial charge in [-0.25, -0.2) is 4.98 Å². The van der Waals surface area contributed by atoms with Crippen LogP contribution < -0.4 is 0 Å². The lowest BCUT2D eigenvalue weighted by Gasteiger charge is -2.08. The first-order valence-corrected chi connectivity index (χ1v) is 10.2. The second-order valence-corrected chi connectivity index (χ2v) is 7.34. The van der Waals surface area contributed by atoms with E-state index < -0.39 is 0 Å². The summed E-state index contributed by atoms with van der Waals surface area (Å²) in [5, 5.41) is 29.4. The van der Waals surface area contributed by atoms with E-state index in [1.807, 2.05) is 65.2 Å². The number of aromatic amines is 1. The third-order valence-corrected chi connectivity index (χ3v) is 5.40. The summed E-state index contributed by atoms with van der Waals surface area (Å²) in [6.07, 6.45) is 1.77. The summed E-state index contributed by atoms with van der Waals surface area (Å²) in [4.78, 5) is 7.47. The highest BCUT2D eigenvalue weighted by Gasteiger charge is 2.17.